The van der Waals surface area contributed by atoms with Gasteiger partial charge in [0.15, 0.2) is 0 Å². The number of hydrogen-bond donors (Lipinski definition) is 2. The SMILES string of the molecule is Cc1cccc(C2CCNC(C(N)=O)C2)c1. The molecule has 2 rings (SSSR count). The quantitative estimate of drug-likeness (QED) is 0.786. The summed E-state index contributed by atoms with van der Waals surface area (Å²) in [5.41, 5.74) is 7.93. The molecular formula is C13H18N2O. The van der Waals surface area contributed by atoms with Crippen molar-refractivity contribution in [2.45, 2.75) is 31.7 Å². The van der Waals surface area contributed by atoms with E-state index in [0.29, 0.717) is 5.92 Å². The molecule has 2 atom stereocenters. The molecule has 0 bridgehead atoms. The molecular weight excluding hydrogens is 200 g/mol. The number of primary amides is 1. The molecule has 0 aliphatic carbocycles. The summed E-state index contributed by atoms with van der Waals surface area (Å²) in [6, 6.07) is 8.34. The number of aryl methyl sites for hydroxylation is 1. The maximum atomic E-state index is 11.2. The van der Waals surface area contributed by atoms with Crippen LogP contribution in [0, 0.1) is 6.92 Å². The standard InChI is InChI=1S/C13H18N2O/c1-9-3-2-4-10(7-9)11-5-6-15-12(8-11)13(14)16/h2-4,7,11-12,15H,5-6,8H2,1H3,(H2,14,16). The molecule has 16 heavy (non-hydrogen) atoms. The van der Waals surface area contributed by atoms with Gasteiger partial charge in [0, 0.05) is 0 Å². The Morgan fingerprint density at radius 1 is 1.50 bits per heavy atom. The van der Waals surface area contributed by atoms with E-state index >= 15 is 0 Å². The van der Waals surface area contributed by atoms with Crippen LogP contribution in [0.2, 0.25) is 0 Å². The molecule has 86 valence electrons. The van der Waals surface area contributed by atoms with E-state index in [1.807, 2.05) is 0 Å². The van der Waals surface area contributed by atoms with Crippen molar-refractivity contribution in [2.75, 3.05) is 6.54 Å². The van der Waals surface area contributed by atoms with Crippen molar-refractivity contribution >= 4 is 5.91 Å². The van der Waals surface area contributed by atoms with Crippen LogP contribution in [0.3, 0.4) is 0 Å². The second-order valence-corrected chi connectivity index (χ2v) is 4.54. The maximum Gasteiger partial charge on any atom is 0.234 e. The Bertz CT molecular complexity index is 389. The lowest BCUT2D eigenvalue weighted by atomic mass is 9.86. The van der Waals surface area contributed by atoms with Crippen LogP contribution in [0.25, 0.3) is 0 Å². The van der Waals surface area contributed by atoms with E-state index in [4.69, 9.17) is 5.73 Å². The molecule has 0 spiro atoms. The lowest BCUT2D eigenvalue weighted by molar-refractivity contribution is -0.120. The predicted molar refractivity (Wildman–Crippen MR) is 64.1 cm³/mol. The molecule has 3 N–H and O–H groups in total. The highest BCUT2D eigenvalue weighted by atomic mass is 16.1. The molecule has 1 aliphatic rings. The average Bonchev–Trinajstić information content (AvgIpc) is 2.29. The molecule has 0 radical (unpaired) electrons. The summed E-state index contributed by atoms with van der Waals surface area (Å²) < 4.78 is 0. The van der Waals surface area contributed by atoms with Crippen molar-refractivity contribution in [1.29, 1.82) is 0 Å². The molecule has 1 saturated heterocycles. The van der Waals surface area contributed by atoms with E-state index in [1.165, 1.54) is 11.1 Å². The Kier molecular flexibility index (Phi) is 3.25. The monoisotopic (exact) mass is 218 g/mol. The van der Waals surface area contributed by atoms with Crippen molar-refractivity contribution in [3.63, 3.8) is 0 Å². The fraction of sp³-hybridized carbons (Fsp3) is 0.462. The number of piperidine rings is 1. The molecule has 1 aromatic rings. The van der Waals surface area contributed by atoms with Crippen molar-refractivity contribution in [1.82, 2.24) is 5.32 Å². The zero-order valence-corrected chi connectivity index (χ0v) is 9.57. The van der Waals surface area contributed by atoms with Gasteiger partial charge in [-0.15, -0.1) is 0 Å². The first-order valence-corrected chi connectivity index (χ1v) is 5.76. The van der Waals surface area contributed by atoms with Crippen molar-refractivity contribution in [3.05, 3.63) is 35.4 Å². The highest BCUT2D eigenvalue weighted by molar-refractivity contribution is 5.80. The summed E-state index contributed by atoms with van der Waals surface area (Å²) in [6.07, 6.45) is 1.89. The highest BCUT2D eigenvalue weighted by Crippen LogP contribution is 2.27. The molecule has 2 unspecified atom stereocenters. The molecule has 1 amide bonds. The lowest BCUT2D eigenvalue weighted by Crippen LogP contribution is -2.46. The predicted octanol–water partition coefficient (Wildman–Crippen LogP) is 1.32. The van der Waals surface area contributed by atoms with Gasteiger partial charge in [0.25, 0.3) is 0 Å². The molecule has 3 nitrogen and oxygen atoms in total. The van der Waals surface area contributed by atoms with Gasteiger partial charge in [0.1, 0.15) is 0 Å². The van der Waals surface area contributed by atoms with E-state index < -0.39 is 0 Å². The van der Waals surface area contributed by atoms with Crippen LogP contribution < -0.4 is 11.1 Å². The number of nitrogens with two attached hydrogens (primary N) is 1. The summed E-state index contributed by atoms with van der Waals surface area (Å²) in [7, 11) is 0. The van der Waals surface area contributed by atoms with Gasteiger partial charge in [-0.05, 0) is 37.8 Å². The first-order valence-electron chi connectivity index (χ1n) is 5.76. The number of nitrogens with one attached hydrogen (secondary N) is 1. The Labute approximate surface area is 96.0 Å². The Morgan fingerprint density at radius 2 is 2.31 bits per heavy atom. The highest BCUT2D eigenvalue weighted by Gasteiger charge is 2.25. The van der Waals surface area contributed by atoms with Crippen molar-refractivity contribution in [2.24, 2.45) is 5.73 Å². The van der Waals surface area contributed by atoms with Gasteiger partial charge in [-0.1, -0.05) is 29.8 Å². The third-order valence-corrected chi connectivity index (χ3v) is 3.26. The lowest BCUT2D eigenvalue weighted by Gasteiger charge is -2.28. The Balaban J connectivity index is 2.12. The fourth-order valence-corrected chi connectivity index (χ4v) is 2.36. The fourth-order valence-electron chi connectivity index (χ4n) is 2.36. The molecule has 1 heterocycles. The molecule has 1 fully saturated rings. The van der Waals surface area contributed by atoms with Gasteiger partial charge >= 0.3 is 0 Å². The first-order chi connectivity index (χ1) is 7.66. The smallest absolute Gasteiger partial charge is 0.234 e. The van der Waals surface area contributed by atoms with Gasteiger partial charge in [-0.25, -0.2) is 0 Å². The first kappa shape index (κ1) is 11.1. The van der Waals surface area contributed by atoms with E-state index in [9.17, 15) is 4.79 Å². The van der Waals surface area contributed by atoms with Crippen LogP contribution in [-0.4, -0.2) is 18.5 Å². The number of carbonyl (C=O) groups excluding carboxylic acids is 1. The largest absolute Gasteiger partial charge is 0.368 e. The van der Waals surface area contributed by atoms with Gasteiger partial charge in [-0.3, -0.25) is 4.79 Å². The molecule has 0 aromatic heterocycles. The van der Waals surface area contributed by atoms with Crippen LogP contribution in [-0.2, 0) is 4.79 Å². The Hall–Kier alpha value is -1.35. The van der Waals surface area contributed by atoms with Gasteiger partial charge in [0.2, 0.25) is 5.91 Å². The third-order valence-electron chi connectivity index (χ3n) is 3.26. The summed E-state index contributed by atoms with van der Waals surface area (Å²) in [5, 5.41) is 3.16. The molecule has 1 aromatic carbocycles. The van der Waals surface area contributed by atoms with E-state index in [1.54, 1.807) is 0 Å². The van der Waals surface area contributed by atoms with Crippen LogP contribution in [0.5, 0.6) is 0 Å². The second-order valence-electron chi connectivity index (χ2n) is 4.54. The third kappa shape index (κ3) is 2.42. The van der Waals surface area contributed by atoms with E-state index in [0.717, 1.165) is 19.4 Å². The zero-order valence-electron chi connectivity index (χ0n) is 9.57. The minimum Gasteiger partial charge on any atom is -0.368 e. The summed E-state index contributed by atoms with van der Waals surface area (Å²) in [4.78, 5) is 11.2. The topological polar surface area (TPSA) is 55.1 Å². The summed E-state index contributed by atoms with van der Waals surface area (Å²) in [6.45, 7) is 2.96. The zero-order chi connectivity index (χ0) is 11.5. The summed E-state index contributed by atoms with van der Waals surface area (Å²) >= 11 is 0. The van der Waals surface area contributed by atoms with Crippen LogP contribution in [0.15, 0.2) is 24.3 Å². The summed E-state index contributed by atoms with van der Waals surface area (Å²) in [5.74, 6) is 0.219. The maximum absolute atomic E-state index is 11.2. The Morgan fingerprint density at radius 3 is 3.00 bits per heavy atom. The van der Waals surface area contributed by atoms with Crippen molar-refractivity contribution in [3.8, 4) is 0 Å². The molecule has 1 aliphatic heterocycles. The van der Waals surface area contributed by atoms with Crippen LogP contribution in [0.4, 0.5) is 0 Å². The number of carbonyl (C=O) groups is 1. The van der Waals surface area contributed by atoms with Crippen LogP contribution in [0.1, 0.15) is 29.9 Å². The molecule has 3 heteroatoms. The number of hydrogen-bond acceptors (Lipinski definition) is 2. The van der Waals surface area contributed by atoms with Gasteiger partial charge in [0.05, 0.1) is 6.04 Å². The number of rotatable bonds is 2. The number of amides is 1. The van der Waals surface area contributed by atoms with E-state index in [2.05, 4.69) is 36.5 Å². The van der Waals surface area contributed by atoms with Gasteiger partial charge < -0.3 is 11.1 Å². The minimum atomic E-state index is -0.239. The normalized spacial score (nSPS) is 25.3. The average molecular weight is 218 g/mol. The van der Waals surface area contributed by atoms with Crippen molar-refractivity contribution < 1.29 is 4.79 Å². The number of benzene rings is 1. The van der Waals surface area contributed by atoms with Gasteiger partial charge in [-0.2, -0.15) is 0 Å². The van der Waals surface area contributed by atoms with E-state index in [-0.39, 0.29) is 11.9 Å². The van der Waals surface area contributed by atoms with Crippen LogP contribution >= 0.6 is 0 Å². The minimum absolute atomic E-state index is 0.167. The molecule has 0 saturated carbocycles. The second kappa shape index (κ2) is 4.66.